The first kappa shape index (κ1) is 15.2. The zero-order chi connectivity index (χ0) is 15.4. The van der Waals surface area contributed by atoms with Crippen molar-refractivity contribution in [1.29, 1.82) is 0 Å². The van der Waals surface area contributed by atoms with Crippen molar-refractivity contribution in [3.05, 3.63) is 28.6 Å². The van der Waals surface area contributed by atoms with E-state index < -0.39 is 5.56 Å². The van der Waals surface area contributed by atoms with Crippen LogP contribution in [0.2, 0.25) is 0 Å². The van der Waals surface area contributed by atoms with Gasteiger partial charge in [-0.1, -0.05) is 26.2 Å². The number of fused-ring (bicyclic) bond motifs is 1. The van der Waals surface area contributed by atoms with Crippen molar-refractivity contribution in [1.82, 2.24) is 4.57 Å². The van der Waals surface area contributed by atoms with E-state index in [1.807, 2.05) is 0 Å². The second-order valence-electron chi connectivity index (χ2n) is 5.15. The number of benzene rings is 1. The lowest BCUT2D eigenvalue weighted by Crippen LogP contribution is -2.17. The van der Waals surface area contributed by atoms with E-state index in [2.05, 4.69) is 6.92 Å². The Morgan fingerprint density at radius 1 is 1.19 bits per heavy atom. The Kier molecular flexibility index (Phi) is 4.73. The van der Waals surface area contributed by atoms with Gasteiger partial charge in [0.25, 0.3) is 5.56 Å². The number of aryl methyl sites for hydroxylation is 1. The second-order valence-corrected chi connectivity index (χ2v) is 5.15. The Bertz CT molecular complexity index is 691. The van der Waals surface area contributed by atoms with E-state index in [0.717, 1.165) is 25.7 Å². The maximum absolute atomic E-state index is 12.0. The molecule has 0 saturated heterocycles. The normalized spacial score (nSPS) is 11.0. The number of pyridine rings is 1. The van der Waals surface area contributed by atoms with Gasteiger partial charge in [-0.05, 0) is 18.6 Å². The molecule has 0 aliphatic carbocycles. The predicted molar refractivity (Wildman–Crippen MR) is 82.2 cm³/mol. The molecule has 5 nitrogen and oxygen atoms in total. The third kappa shape index (κ3) is 3.12. The number of hydrogen-bond donors (Lipinski definition) is 2. The van der Waals surface area contributed by atoms with E-state index in [4.69, 9.17) is 4.74 Å². The Morgan fingerprint density at radius 2 is 1.95 bits per heavy atom. The molecule has 0 amide bonds. The predicted octanol–water partition coefficient (Wildman–Crippen LogP) is 2.91. The topological polar surface area (TPSA) is 71.7 Å². The summed E-state index contributed by atoms with van der Waals surface area (Å²) < 4.78 is 6.93. The first-order valence-electron chi connectivity index (χ1n) is 7.23. The van der Waals surface area contributed by atoms with E-state index in [9.17, 15) is 15.0 Å². The first-order chi connectivity index (χ1) is 10.1. The van der Waals surface area contributed by atoms with Gasteiger partial charge in [0.05, 0.1) is 12.1 Å². The highest BCUT2D eigenvalue weighted by atomic mass is 16.5. The van der Waals surface area contributed by atoms with E-state index in [1.54, 1.807) is 13.1 Å². The van der Waals surface area contributed by atoms with Crippen LogP contribution in [0.25, 0.3) is 10.9 Å². The quantitative estimate of drug-likeness (QED) is 0.803. The summed E-state index contributed by atoms with van der Waals surface area (Å²) >= 11 is 0. The molecule has 0 aliphatic rings. The van der Waals surface area contributed by atoms with Crippen LogP contribution in [0.1, 0.15) is 32.6 Å². The van der Waals surface area contributed by atoms with Gasteiger partial charge in [0.1, 0.15) is 5.75 Å². The fraction of sp³-hybridized carbons (Fsp3) is 0.438. The highest BCUT2D eigenvalue weighted by Crippen LogP contribution is 2.33. The molecule has 2 N–H and O–H groups in total. The highest BCUT2D eigenvalue weighted by molar-refractivity contribution is 5.88. The van der Waals surface area contributed by atoms with Crippen LogP contribution in [0.4, 0.5) is 0 Å². The van der Waals surface area contributed by atoms with Crippen LogP contribution in [-0.4, -0.2) is 21.4 Å². The molecule has 114 valence electrons. The SMILES string of the molecule is CCCCCCOc1c(O)c(=O)n(C)c2cc(O)ccc12. The Morgan fingerprint density at radius 3 is 2.67 bits per heavy atom. The minimum absolute atomic E-state index is 0.0667. The van der Waals surface area contributed by atoms with E-state index in [1.165, 1.54) is 16.7 Å². The van der Waals surface area contributed by atoms with Crippen molar-refractivity contribution < 1.29 is 14.9 Å². The number of phenolic OH excluding ortho intramolecular Hbond substituents is 1. The molecule has 0 spiro atoms. The zero-order valence-electron chi connectivity index (χ0n) is 12.4. The highest BCUT2D eigenvalue weighted by Gasteiger charge is 2.16. The summed E-state index contributed by atoms with van der Waals surface area (Å²) in [5, 5.41) is 20.2. The number of unbranched alkanes of at least 4 members (excludes halogenated alkanes) is 3. The van der Waals surface area contributed by atoms with Gasteiger partial charge in [0, 0.05) is 18.5 Å². The van der Waals surface area contributed by atoms with Gasteiger partial charge in [-0.15, -0.1) is 0 Å². The molecular formula is C16H21NO4. The third-order valence-corrected chi connectivity index (χ3v) is 3.55. The van der Waals surface area contributed by atoms with Crippen molar-refractivity contribution >= 4 is 10.9 Å². The fourth-order valence-corrected chi connectivity index (χ4v) is 2.33. The average Bonchev–Trinajstić information content (AvgIpc) is 2.48. The van der Waals surface area contributed by atoms with Gasteiger partial charge in [-0.3, -0.25) is 4.79 Å². The van der Waals surface area contributed by atoms with Crippen LogP contribution >= 0.6 is 0 Å². The molecule has 0 fully saturated rings. The maximum Gasteiger partial charge on any atom is 0.296 e. The monoisotopic (exact) mass is 291 g/mol. The van der Waals surface area contributed by atoms with Gasteiger partial charge >= 0.3 is 0 Å². The van der Waals surface area contributed by atoms with Crippen LogP contribution in [0.5, 0.6) is 17.2 Å². The molecule has 0 atom stereocenters. The number of hydrogen-bond acceptors (Lipinski definition) is 4. The molecule has 0 unspecified atom stereocenters. The largest absolute Gasteiger partial charge is 0.508 e. The second kappa shape index (κ2) is 6.52. The van der Waals surface area contributed by atoms with E-state index >= 15 is 0 Å². The molecule has 2 aromatic rings. The van der Waals surface area contributed by atoms with Crippen LogP contribution in [0.15, 0.2) is 23.0 Å². The summed E-state index contributed by atoms with van der Waals surface area (Å²) in [5.74, 6) is -0.118. The molecule has 1 aromatic heterocycles. The Hall–Kier alpha value is -2.17. The Labute approximate surface area is 123 Å². The third-order valence-electron chi connectivity index (χ3n) is 3.55. The molecular weight excluding hydrogens is 270 g/mol. The lowest BCUT2D eigenvalue weighted by atomic mass is 10.1. The van der Waals surface area contributed by atoms with E-state index in [-0.39, 0.29) is 17.2 Å². The summed E-state index contributed by atoms with van der Waals surface area (Å²) in [6, 6.07) is 4.64. The summed E-state index contributed by atoms with van der Waals surface area (Å²) in [7, 11) is 1.55. The minimum Gasteiger partial charge on any atom is -0.508 e. The van der Waals surface area contributed by atoms with Crippen molar-refractivity contribution in [3.63, 3.8) is 0 Å². The summed E-state index contributed by atoms with van der Waals surface area (Å²) in [4.78, 5) is 12.0. The molecule has 0 radical (unpaired) electrons. The van der Waals surface area contributed by atoms with Gasteiger partial charge in [-0.25, -0.2) is 0 Å². The number of aromatic hydroxyl groups is 2. The number of ether oxygens (including phenoxy) is 1. The number of aromatic nitrogens is 1. The van der Waals surface area contributed by atoms with Crippen molar-refractivity contribution in [2.45, 2.75) is 32.6 Å². The molecule has 21 heavy (non-hydrogen) atoms. The Balaban J connectivity index is 2.36. The zero-order valence-corrected chi connectivity index (χ0v) is 12.4. The van der Waals surface area contributed by atoms with Gasteiger partial charge in [0.15, 0.2) is 5.75 Å². The van der Waals surface area contributed by atoms with Crippen molar-refractivity contribution in [2.75, 3.05) is 6.61 Å². The van der Waals surface area contributed by atoms with Crippen LogP contribution in [0.3, 0.4) is 0 Å². The molecule has 0 bridgehead atoms. The molecule has 5 heteroatoms. The fourth-order valence-electron chi connectivity index (χ4n) is 2.33. The van der Waals surface area contributed by atoms with Crippen molar-refractivity contribution in [2.24, 2.45) is 7.05 Å². The van der Waals surface area contributed by atoms with E-state index in [0.29, 0.717) is 17.5 Å². The average molecular weight is 291 g/mol. The van der Waals surface area contributed by atoms with Gasteiger partial charge in [0.2, 0.25) is 5.75 Å². The van der Waals surface area contributed by atoms with Gasteiger partial charge < -0.3 is 19.5 Å². The summed E-state index contributed by atoms with van der Waals surface area (Å²) in [6.07, 6.45) is 4.21. The number of phenols is 1. The van der Waals surface area contributed by atoms with Crippen LogP contribution in [0, 0.1) is 0 Å². The van der Waals surface area contributed by atoms with Gasteiger partial charge in [-0.2, -0.15) is 0 Å². The maximum atomic E-state index is 12.0. The smallest absolute Gasteiger partial charge is 0.296 e. The lowest BCUT2D eigenvalue weighted by molar-refractivity contribution is 0.290. The lowest BCUT2D eigenvalue weighted by Gasteiger charge is -2.13. The molecule has 2 rings (SSSR count). The standard InChI is InChI=1S/C16H21NO4/c1-3-4-5-6-9-21-15-12-8-7-11(18)10-13(12)17(2)16(20)14(15)19/h7-8,10,18-19H,3-6,9H2,1-2H3. The summed E-state index contributed by atoms with van der Waals surface area (Å²) in [6.45, 7) is 2.59. The molecule has 0 aliphatic heterocycles. The molecule has 0 saturated carbocycles. The number of nitrogens with zero attached hydrogens (tertiary/aromatic N) is 1. The minimum atomic E-state index is -0.531. The molecule has 1 aromatic carbocycles. The summed E-state index contributed by atoms with van der Waals surface area (Å²) in [5.41, 5.74) is -0.00184. The van der Waals surface area contributed by atoms with Crippen molar-refractivity contribution in [3.8, 4) is 17.2 Å². The first-order valence-corrected chi connectivity index (χ1v) is 7.23. The van der Waals surface area contributed by atoms with Crippen LogP contribution < -0.4 is 10.3 Å². The van der Waals surface area contributed by atoms with Crippen LogP contribution in [-0.2, 0) is 7.05 Å². The number of rotatable bonds is 6. The molecule has 1 heterocycles.